The predicted molar refractivity (Wildman–Crippen MR) is 61.0 cm³/mol. The minimum Gasteiger partial charge on any atom is -0.382 e. The van der Waals surface area contributed by atoms with Crippen LogP contribution in [0.1, 0.15) is 13.8 Å². The number of hydrogen-bond donors (Lipinski definition) is 1. The molecule has 0 spiro atoms. The SMILES string of the molecule is COCCOCCN1C(=O)CNC1C(C)C. The number of ether oxygens (including phenoxy) is 2. The topological polar surface area (TPSA) is 50.8 Å². The molecule has 1 rings (SSSR count). The largest absolute Gasteiger partial charge is 0.382 e. The van der Waals surface area contributed by atoms with Crippen LogP contribution in [0.15, 0.2) is 0 Å². The first kappa shape index (κ1) is 13.4. The van der Waals surface area contributed by atoms with E-state index >= 15 is 0 Å². The van der Waals surface area contributed by atoms with Crippen LogP contribution in [0.25, 0.3) is 0 Å². The quantitative estimate of drug-likeness (QED) is 0.629. The maximum atomic E-state index is 11.6. The molecule has 16 heavy (non-hydrogen) atoms. The Morgan fingerprint density at radius 3 is 2.81 bits per heavy atom. The lowest BCUT2D eigenvalue weighted by molar-refractivity contribution is -0.129. The standard InChI is InChI=1S/C11H22N2O3/c1-9(2)11-12-8-10(14)13(11)4-5-16-7-6-15-3/h9,11-12H,4-8H2,1-3H3. The van der Waals surface area contributed by atoms with Crippen molar-refractivity contribution in [1.82, 2.24) is 10.2 Å². The molecule has 0 aromatic carbocycles. The summed E-state index contributed by atoms with van der Waals surface area (Å²) >= 11 is 0. The number of nitrogens with one attached hydrogen (secondary N) is 1. The van der Waals surface area contributed by atoms with Gasteiger partial charge in [0.1, 0.15) is 0 Å². The molecule has 1 aliphatic heterocycles. The normalized spacial score (nSPS) is 21.1. The third-order valence-corrected chi connectivity index (χ3v) is 2.66. The Morgan fingerprint density at radius 1 is 1.44 bits per heavy atom. The molecule has 1 fully saturated rings. The Bertz CT molecular complexity index is 221. The van der Waals surface area contributed by atoms with Gasteiger partial charge in [0.15, 0.2) is 0 Å². The van der Waals surface area contributed by atoms with Crippen LogP contribution >= 0.6 is 0 Å². The van der Waals surface area contributed by atoms with Gasteiger partial charge < -0.3 is 14.4 Å². The molecule has 1 aliphatic rings. The molecule has 1 N–H and O–H groups in total. The van der Waals surface area contributed by atoms with Crippen molar-refractivity contribution in [2.45, 2.75) is 20.0 Å². The second-order valence-electron chi connectivity index (χ2n) is 4.26. The number of amides is 1. The fourth-order valence-corrected chi connectivity index (χ4v) is 1.83. The maximum absolute atomic E-state index is 11.6. The molecule has 0 bridgehead atoms. The highest BCUT2D eigenvalue weighted by molar-refractivity contribution is 5.80. The van der Waals surface area contributed by atoms with E-state index in [0.29, 0.717) is 38.8 Å². The average Bonchev–Trinajstić information content (AvgIpc) is 2.60. The number of nitrogens with zero attached hydrogens (tertiary/aromatic N) is 1. The van der Waals surface area contributed by atoms with Gasteiger partial charge in [0.05, 0.1) is 32.5 Å². The van der Waals surface area contributed by atoms with Gasteiger partial charge in [-0.25, -0.2) is 0 Å². The second kappa shape index (κ2) is 6.83. The van der Waals surface area contributed by atoms with Crippen molar-refractivity contribution in [3.63, 3.8) is 0 Å². The Kier molecular flexibility index (Phi) is 5.73. The summed E-state index contributed by atoms with van der Waals surface area (Å²) in [5.74, 6) is 0.583. The monoisotopic (exact) mass is 230 g/mol. The molecule has 1 amide bonds. The molecule has 0 aromatic heterocycles. The number of rotatable bonds is 7. The summed E-state index contributed by atoms with van der Waals surface area (Å²) in [4.78, 5) is 13.5. The molecule has 1 unspecified atom stereocenters. The first-order valence-electron chi connectivity index (χ1n) is 5.76. The molecule has 0 saturated carbocycles. The van der Waals surface area contributed by atoms with E-state index in [1.807, 2.05) is 4.90 Å². The molecule has 1 saturated heterocycles. The van der Waals surface area contributed by atoms with Crippen LogP contribution in [0, 0.1) is 5.92 Å². The van der Waals surface area contributed by atoms with E-state index in [9.17, 15) is 4.79 Å². The number of hydrogen-bond acceptors (Lipinski definition) is 4. The van der Waals surface area contributed by atoms with Gasteiger partial charge in [-0.1, -0.05) is 13.8 Å². The van der Waals surface area contributed by atoms with E-state index in [4.69, 9.17) is 9.47 Å². The lowest BCUT2D eigenvalue weighted by Gasteiger charge is -2.27. The molecule has 94 valence electrons. The van der Waals surface area contributed by atoms with Gasteiger partial charge in [0.2, 0.25) is 5.91 Å². The highest BCUT2D eigenvalue weighted by atomic mass is 16.5. The molecule has 5 heteroatoms. The Hall–Kier alpha value is -0.650. The van der Waals surface area contributed by atoms with Gasteiger partial charge in [-0.15, -0.1) is 0 Å². The fourth-order valence-electron chi connectivity index (χ4n) is 1.83. The molecule has 1 atom stereocenters. The van der Waals surface area contributed by atoms with E-state index in [-0.39, 0.29) is 12.1 Å². The molecule has 1 heterocycles. The van der Waals surface area contributed by atoms with Crippen molar-refractivity contribution in [3.05, 3.63) is 0 Å². The molecule has 0 aliphatic carbocycles. The van der Waals surface area contributed by atoms with E-state index < -0.39 is 0 Å². The summed E-state index contributed by atoms with van der Waals surface area (Å²) in [5.41, 5.74) is 0. The van der Waals surface area contributed by atoms with Crippen LogP contribution in [0.4, 0.5) is 0 Å². The lowest BCUT2D eigenvalue weighted by atomic mass is 10.1. The number of carbonyl (C=O) groups is 1. The van der Waals surface area contributed by atoms with Crippen molar-refractivity contribution >= 4 is 5.91 Å². The van der Waals surface area contributed by atoms with Crippen LogP contribution in [-0.2, 0) is 14.3 Å². The highest BCUT2D eigenvalue weighted by Gasteiger charge is 2.31. The van der Waals surface area contributed by atoms with Crippen LogP contribution < -0.4 is 5.32 Å². The second-order valence-corrected chi connectivity index (χ2v) is 4.26. The zero-order chi connectivity index (χ0) is 12.0. The summed E-state index contributed by atoms with van der Waals surface area (Å²) in [5, 5.41) is 3.20. The van der Waals surface area contributed by atoms with E-state index in [0.717, 1.165) is 0 Å². The Balaban J connectivity index is 2.25. The first-order valence-corrected chi connectivity index (χ1v) is 5.76. The number of methoxy groups -OCH3 is 1. The van der Waals surface area contributed by atoms with Crippen molar-refractivity contribution in [3.8, 4) is 0 Å². The zero-order valence-corrected chi connectivity index (χ0v) is 10.4. The summed E-state index contributed by atoms with van der Waals surface area (Å²) in [7, 11) is 1.64. The Labute approximate surface area is 97.1 Å². The summed E-state index contributed by atoms with van der Waals surface area (Å²) in [6.07, 6.45) is 0.151. The van der Waals surface area contributed by atoms with Crippen molar-refractivity contribution in [2.75, 3.05) is 40.0 Å². The summed E-state index contributed by atoms with van der Waals surface area (Å²) in [6, 6.07) is 0. The van der Waals surface area contributed by atoms with Crippen LogP contribution in [0.2, 0.25) is 0 Å². The highest BCUT2D eigenvalue weighted by Crippen LogP contribution is 2.12. The van der Waals surface area contributed by atoms with Crippen LogP contribution in [-0.4, -0.2) is 57.0 Å². The van der Waals surface area contributed by atoms with E-state index in [2.05, 4.69) is 19.2 Å². The molecular weight excluding hydrogens is 208 g/mol. The molecule has 5 nitrogen and oxygen atoms in total. The van der Waals surface area contributed by atoms with Gasteiger partial charge in [-0.2, -0.15) is 0 Å². The third kappa shape index (κ3) is 3.73. The summed E-state index contributed by atoms with van der Waals surface area (Å²) in [6.45, 7) is 7.06. The van der Waals surface area contributed by atoms with Crippen molar-refractivity contribution in [2.24, 2.45) is 5.92 Å². The predicted octanol–water partition coefficient (Wildman–Crippen LogP) is 0.0633. The van der Waals surface area contributed by atoms with Gasteiger partial charge in [0.25, 0.3) is 0 Å². The lowest BCUT2D eigenvalue weighted by Crippen LogP contribution is -2.43. The molecular formula is C11H22N2O3. The fraction of sp³-hybridized carbons (Fsp3) is 0.909. The van der Waals surface area contributed by atoms with Gasteiger partial charge >= 0.3 is 0 Å². The molecule has 0 aromatic rings. The average molecular weight is 230 g/mol. The van der Waals surface area contributed by atoms with Crippen molar-refractivity contribution in [1.29, 1.82) is 0 Å². The van der Waals surface area contributed by atoms with Crippen molar-refractivity contribution < 1.29 is 14.3 Å². The number of carbonyl (C=O) groups excluding carboxylic acids is 1. The zero-order valence-electron chi connectivity index (χ0n) is 10.4. The first-order chi connectivity index (χ1) is 7.66. The smallest absolute Gasteiger partial charge is 0.237 e. The molecule has 0 radical (unpaired) electrons. The van der Waals surface area contributed by atoms with E-state index in [1.54, 1.807) is 7.11 Å². The van der Waals surface area contributed by atoms with Gasteiger partial charge in [-0.3, -0.25) is 10.1 Å². The minimum absolute atomic E-state index is 0.151. The summed E-state index contributed by atoms with van der Waals surface area (Å²) < 4.78 is 10.2. The Morgan fingerprint density at radius 2 is 2.19 bits per heavy atom. The van der Waals surface area contributed by atoms with Crippen LogP contribution in [0.5, 0.6) is 0 Å². The maximum Gasteiger partial charge on any atom is 0.237 e. The van der Waals surface area contributed by atoms with Gasteiger partial charge in [-0.05, 0) is 5.92 Å². The third-order valence-electron chi connectivity index (χ3n) is 2.66. The minimum atomic E-state index is 0.151. The van der Waals surface area contributed by atoms with Gasteiger partial charge in [0, 0.05) is 13.7 Å². The van der Waals surface area contributed by atoms with Crippen LogP contribution in [0.3, 0.4) is 0 Å². The van der Waals surface area contributed by atoms with E-state index in [1.165, 1.54) is 0 Å².